The lowest BCUT2D eigenvalue weighted by Crippen LogP contribution is -2.42. The van der Waals surface area contributed by atoms with E-state index in [1.165, 1.54) is 6.07 Å². The minimum atomic E-state index is -0.558. The van der Waals surface area contributed by atoms with Gasteiger partial charge in [-0.05, 0) is 56.5 Å². The molecule has 0 aromatic heterocycles. The summed E-state index contributed by atoms with van der Waals surface area (Å²) in [5.74, 6) is -0.189. The summed E-state index contributed by atoms with van der Waals surface area (Å²) in [6, 6.07) is 4.99. The lowest BCUT2D eigenvalue weighted by Gasteiger charge is -2.38. The fraction of sp³-hybridized carbons (Fsp3) is 0.625. The van der Waals surface area contributed by atoms with Crippen LogP contribution in [0.25, 0.3) is 0 Å². The molecule has 1 aromatic rings. The highest BCUT2D eigenvalue weighted by molar-refractivity contribution is 5.54. The Morgan fingerprint density at radius 1 is 1.35 bits per heavy atom. The van der Waals surface area contributed by atoms with Crippen LogP contribution in [0.3, 0.4) is 0 Å². The van der Waals surface area contributed by atoms with Crippen LogP contribution in [-0.4, -0.2) is 30.3 Å². The summed E-state index contributed by atoms with van der Waals surface area (Å²) < 4.78 is 13.5. The average molecular weight is 280 g/mol. The molecule has 1 heterocycles. The zero-order valence-electron chi connectivity index (χ0n) is 12.5. The van der Waals surface area contributed by atoms with Gasteiger partial charge in [-0.3, -0.25) is 0 Å². The highest BCUT2D eigenvalue weighted by Gasteiger charge is 2.28. The zero-order valence-corrected chi connectivity index (χ0v) is 12.5. The molecule has 1 aliphatic rings. The number of hydrogen-bond donors (Lipinski definition) is 2. The Kier molecular flexibility index (Phi) is 5.00. The van der Waals surface area contributed by atoms with Crippen LogP contribution in [0.15, 0.2) is 18.2 Å². The van der Waals surface area contributed by atoms with E-state index in [9.17, 15) is 9.50 Å². The fourth-order valence-electron chi connectivity index (χ4n) is 2.63. The molecule has 4 heteroatoms. The monoisotopic (exact) mass is 280 g/mol. The van der Waals surface area contributed by atoms with E-state index in [4.69, 9.17) is 0 Å². The highest BCUT2D eigenvalue weighted by Crippen LogP contribution is 2.28. The third-order valence-corrected chi connectivity index (χ3v) is 3.97. The molecule has 0 amide bonds. The summed E-state index contributed by atoms with van der Waals surface area (Å²) in [6.07, 6.45) is 2.58. The molecule has 2 rings (SSSR count). The van der Waals surface area contributed by atoms with E-state index in [1.807, 2.05) is 13.0 Å². The smallest absolute Gasteiger partial charge is 0.123 e. The summed E-state index contributed by atoms with van der Waals surface area (Å²) in [6.45, 7) is 7.27. The average Bonchev–Trinajstić information content (AvgIpc) is 2.40. The van der Waals surface area contributed by atoms with Gasteiger partial charge in [0.15, 0.2) is 0 Å². The maximum atomic E-state index is 13.5. The van der Waals surface area contributed by atoms with Crippen LogP contribution < -0.4 is 10.2 Å². The van der Waals surface area contributed by atoms with Gasteiger partial charge in [0.05, 0.1) is 5.60 Å². The molecule has 0 unspecified atom stereocenters. The maximum Gasteiger partial charge on any atom is 0.123 e. The number of halogens is 1. The predicted octanol–water partition coefficient (Wildman–Crippen LogP) is 2.68. The van der Waals surface area contributed by atoms with Gasteiger partial charge >= 0.3 is 0 Å². The second-order valence-electron chi connectivity index (χ2n) is 5.93. The molecule has 0 spiro atoms. The Morgan fingerprint density at radius 3 is 2.70 bits per heavy atom. The van der Waals surface area contributed by atoms with Gasteiger partial charge < -0.3 is 15.3 Å². The summed E-state index contributed by atoms with van der Waals surface area (Å²) >= 11 is 0. The SMILES string of the molecule is CCCNCc1cc(F)ccc1N1CCC(C)(O)CC1. The van der Waals surface area contributed by atoms with Crippen molar-refractivity contribution in [3.05, 3.63) is 29.6 Å². The summed E-state index contributed by atoms with van der Waals surface area (Å²) in [5.41, 5.74) is 1.53. The van der Waals surface area contributed by atoms with Crippen molar-refractivity contribution in [2.75, 3.05) is 24.5 Å². The number of aliphatic hydroxyl groups is 1. The highest BCUT2D eigenvalue weighted by atomic mass is 19.1. The Hall–Kier alpha value is -1.13. The molecular weight excluding hydrogens is 255 g/mol. The Bertz CT molecular complexity index is 438. The van der Waals surface area contributed by atoms with E-state index in [1.54, 1.807) is 6.07 Å². The van der Waals surface area contributed by atoms with E-state index >= 15 is 0 Å². The molecule has 0 aliphatic carbocycles. The van der Waals surface area contributed by atoms with E-state index < -0.39 is 5.60 Å². The number of benzene rings is 1. The first-order chi connectivity index (χ1) is 9.52. The van der Waals surface area contributed by atoms with Crippen LogP contribution in [-0.2, 0) is 6.54 Å². The van der Waals surface area contributed by atoms with Gasteiger partial charge in [-0.1, -0.05) is 6.92 Å². The topological polar surface area (TPSA) is 35.5 Å². The first-order valence-corrected chi connectivity index (χ1v) is 7.48. The molecule has 1 fully saturated rings. The summed E-state index contributed by atoms with van der Waals surface area (Å²) in [4.78, 5) is 2.25. The van der Waals surface area contributed by atoms with Gasteiger partial charge in [0, 0.05) is 25.3 Å². The molecular formula is C16H25FN2O. The summed E-state index contributed by atoms with van der Waals surface area (Å²) in [5, 5.41) is 13.4. The van der Waals surface area contributed by atoms with Crippen molar-refractivity contribution in [2.24, 2.45) is 0 Å². The van der Waals surface area contributed by atoms with Crippen molar-refractivity contribution in [2.45, 2.75) is 45.3 Å². The van der Waals surface area contributed by atoms with Crippen molar-refractivity contribution >= 4 is 5.69 Å². The van der Waals surface area contributed by atoms with Crippen molar-refractivity contribution in [3.8, 4) is 0 Å². The van der Waals surface area contributed by atoms with Gasteiger partial charge in [-0.25, -0.2) is 4.39 Å². The molecule has 112 valence electrons. The fourth-order valence-corrected chi connectivity index (χ4v) is 2.63. The molecule has 20 heavy (non-hydrogen) atoms. The normalized spacial score (nSPS) is 18.3. The third-order valence-electron chi connectivity index (χ3n) is 3.97. The molecule has 0 saturated carbocycles. The van der Waals surface area contributed by atoms with Crippen molar-refractivity contribution in [1.82, 2.24) is 5.32 Å². The van der Waals surface area contributed by atoms with E-state index in [0.29, 0.717) is 6.54 Å². The maximum absolute atomic E-state index is 13.5. The number of piperidine rings is 1. The molecule has 2 N–H and O–H groups in total. The predicted molar refractivity (Wildman–Crippen MR) is 80.5 cm³/mol. The number of anilines is 1. The number of nitrogens with zero attached hydrogens (tertiary/aromatic N) is 1. The van der Waals surface area contributed by atoms with Crippen LogP contribution >= 0.6 is 0 Å². The molecule has 1 aliphatic heterocycles. The largest absolute Gasteiger partial charge is 0.390 e. The quantitative estimate of drug-likeness (QED) is 0.814. The van der Waals surface area contributed by atoms with Crippen LogP contribution in [0.5, 0.6) is 0 Å². The van der Waals surface area contributed by atoms with Crippen molar-refractivity contribution in [3.63, 3.8) is 0 Å². The van der Waals surface area contributed by atoms with Gasteiger partial charge in [0.1, 0.15) is 5.82 Å². The van der Waals surface area contributed by atoms with Crippen molar-refractivity contribution in [1.29, 1.82) is 0 Å². The van der Waals surface area contributed by atoms with Gasteiger partial charge in [-0.15, -0.1) is 0 Å². The van der Waals surface area contributed by atoms with Crippen LogP contribution in [0.1, 0.15) is 38.7 Å². The van der Waals surface area contributed by atoms with Gasteiger partial charge in [0.25, 0.3) is 0 Å². The Labute approximate surface area is 120 Å². The molecule has 3 nitrogen and oxygen atoms in total. The molecule has 0 atom stereocenters. The number of rotatable bonds is 5. The Balaban J connectivity index is 2.10. The second kappa shape index (κ2) is 6.55. The van der Waals surface area contributed by atoms with Gasteiger partial charge in [-0.2, -0.15) is 0 Å². The van der Waals surface area contributed by atoms with E-state index in [2.05, 4.69) is 17.1 Å². The first kappa shape index (κ1) is 15.3. The van der Waals surface area contributed by atoms with Crippen LogP contribution in [0, 0.1) is 5.82 Å². The number of nitrogens with one attached hydrogen (secondary N) is 1. The van der Waals surface area contributed by atoms with Crippen LogP contribution in [0.4, 0.5) is 10.1 Å². The molecule has 0 radical (unpaired) electrons. The lowest BCUT2D eigenvalue weighted by atomic mass is 9.93. The third kappa shape index (κ3) is 3.93. The standard InChI is InChI=1S/C16H25FN2O/c1-3-8-18-12-13-11-14(17)4-5-15(13)19-9-6-16(2,20)7-10-19/h4-5,11,18,20H,3,6-10,12H2,1-2H3. The second-order valence-corrected chi connectivity index (χ2v) is 5.93. The Morgan fingerprint density at radius 2 is 2.05 bits per heavy atom. The minimum Gasteiger partial charge on any atom is -0.390 e. The zero-order chi connectivity index (χ0) is 14.6. The van der Waals surface area contributed by atoms with Crippen molar-refractivity contribution < 1.29 is 9.50 Å². The van der Waals surface area contributed by atoms with Gasteiger partial charge in [0.2, 0.25) is 0 Å². The molecule has 1 aromatic carbocycles. The van der Waals surface area contributed by atoms with Crippen LogP contribution in [0.2, 0.25) is 0 Å². The summed E-state index contributed by atoms with van der Waals surface area (Å²) in [7, 11) is 0. The minimum absolute atomic E-state index is 0.189. The molecule has 0 bridgehead atoms. The van der Waals surface area contributed by atoms with E-state index in [0.717, 1.165) is 50.1 Å². The van der Waals surface area contributed by atoms with E-state index in [-0.39, 0.29) is 5.82 Å². The lowest BCUT2D eigenvalue weighted by molar-refractivity contribution is 0.0351. The number of hydrogen-bond acceptors (Lipinski definition) is 3. The molecule has 1 saturated heterocycles. The first-order valence-electron chi connectivity index (χ1n) is 7.48.